The molecule has 3 aliphatic rings. The number of rotatable bonds is 5. The van der Waals surface area contributed by atoms with E-state index in [4.69, 9.17) is 0 Å². The minimum absolute atomic E-state index is 0.0239. The summed E-state index contributed by atoms with van der Waals surface area (Å²) in [5, 5.41) is 5.88. The number of aliphatic imine (C=N–C) groups is 1. The number of likely N-dealkylation sites (tertiary alicyclic amines) is 1. The highest BCUT2D eigenvalue weighted by Gasteiger charge is 2.32. The molecule has 26 heavy (non-hydrogen) atoms. The second-order valence-electron chi connectivity index (χ2n) is 6.59. The lowest BCUT2D eigenvalue weighted by molar-refractivity contribution is -0.128. The molecule has 0 radical (unpaired) electrons. The number of carbonyl (C=O) groups is 2. The van der Waals surface area contributed by atoms with E-state index in [0.717, 1.165) is 29.5 Å². The molecule has 2 amide bonds. The van der Waals surface area contributed by atoms with Crippen LogP contribution in [0.5, 0.6) is 0 Å². The number of fused-ring (bicyclic) bond motifs is 1. The summed E-state index contributed by atoms with van der Waals surface area (Å²) in [6.07, 6.45) is 0.575. The molecular weight excluding hydrogens is 355 g/mol. The first kappa shape index (κ1) is 17.1. The van der Waals surface area contributed by atoms with Crippen LogP contribution >= 0.6 is 11.8 Å². The van der Waals surface area contributed by atoms with Crippen molar-refractivity contribution >= 4 is 28.7 Å². The molecule has 0 aromatic heterocycles. The molecule has 8 heteroatoms. The molecular formula is C18H19FN4O2S. The predicted molar refractivity (Wildman–Crippen MR) is 97.7 cm³/mol. The smallest absolute Gasteiger partial charge is 0.226 e. The van der Waals surface area contributed by atoms with Crippen LogP contribution in [0.25, 0.3) is 0 Å². The highest BCUT2D eigenvalue weighted by atomic mass is 32.2. The zero-order valence-corrected chi connectivity index (χ0v) is 15.0. The summed E-state index contributed by atoms with van der Waals surface area (Å²) in [6.45, 7) is 2.40. The standard InChI is InChI=1S/C18H19FN4O2S/c19-13-3-1-2-12(6-13)9-22-10-14(7-17(22)25)21-16(24)8-15-11-26-18-20-4-5-23(15)18/h1-3,6,11,14H,4-5,7-10H2,(H,21,24)/t14-/m1/s1. The number of thioether (sulfide) groups is 1. The maximum absolute atomic E-state index is 13.3. The number of carbonyl (C=O) groups excluding carboxylic acids is 2. The number of nitrogens with one attached hydrogen (secondary N) is 1. The van der Waals surface area contributed by atoms with Crippen molar-refractivity contribution in [1.82, 2.24) is 15.1 Å². The van der Waals surface area contributed by atoms with Gasteiger partial charge in [-0.15, -0.1) is 0 Å². The molecule has 1 N–H and O–H groups in total. The Morgan fingerprint density at radius 3 is 3.15 bits per heavy atom. The lowest BCUT2D eigenvalue weighted by atomic mass is 10.2. The fourth-order valence-electron chi connectivity index (χ4n) is 3.44. The number of benzene rings is 1. The van der Waals surface area contributed by atoms with Crippen molar-refractivity contribution in [3.63, 3.8) is 0 Å². The van der Waals surface area contributed by atoms with Crippen LogP contribution in [0.15, 0.2) is 40.4 Å². The van der Waals surface area contributed by atoms with Gasteiger partial charge >= 0.3 is 0 Å². The van der Waals surface area contributed by atoms with Gasteiger partial charge in [-0.2, -0.15) is 0 Å². The summed E-state index contributed by atoms with van der Waals surface area (Å²) in [5.41, 5.74) is 1.71. The monoisotopic (exact) mass is 374 g/mol. The number of amides is 2. The Bertz CT molecular complexity index is 810. The lowest BCUT2D eigenvalue weighted by Gasteiger charge is -2.19. The molecule has 0 aliphatic carbocycles. The van der Waals surface area contributed by atoms with E-state index in [9.17, 15) is 14.0 Å². The molecule has 0 saturated carbocycles. The van der Waals surface area contributed by atoms with Crippen molar-refractivity contribution in [3.05, 3.63) is 46.8 Å². The Morgan fingerprint density at radius 1 is 1.42 bits per heavy atom. The van der Waals surface area contributed by atoms with Gasteiger partial charge in [-0.3, -0.25) is 14.6 Å². The Balaban J connectivity index is 1.30. The Labute approximate surface area is 155 Å². The van der Waals surface area contributed by atoms with Crippen LogP contribution in [0.2, 0.25) is 0 Å². The molecule has 1 atom stereocenters. The Morgan fingerprint density at radius 2 is 2.31 bits per heavy atom. The van der Waals surface area contributed by atoms with Crippen molar-refractivity contribution in [2.75, 3.05) is 19.6 Å². The number of hydrogen-bond acceptors (Lipinski definition) is 5. The number of amidine groups is 1. The van der Waals surface area contributed by atoms with Crippen molar-refractivity contribution < 1.29 is 14.0 Å². The van der Waals surface area contributed by atoms with Crippen LogP contribution in [-0.2, 0) is 16.1 Å². The molecule has 0 bridgehead atoms. The van der Waals surface area contributed by atoms with Gasteiger partial charge in [-0.05, 0) is 23.1 Å². The predicted octanol–water partition coefficient (Wildman–Crippen LogP) is 1.69. The zero-order chi connectivity index (χ0) is 18.1. The minimum Gasteiger partial charge on any atom is -0.351 e. The highest BCUT2D eigenvalue weighted by molar-refractivity contribution is 8.16. The van der Waals surface area contributed by atoms with Gasteiger partial charge in [0.25, 0.3) is 0 Å². The molecule has 6 nitrogen and oxygen atoms in total. The van der Waals surface area contributed by atoms with Gasteiger partial charge in [-0.1, -0.05) is 23.9 Å². The summed E-state index contributed by atoms with van der Waals surface area (Å²) in [5.74, 6) is -0.425. The zero-order valence-electron chi connectivity index (χ0n) is 14.2. The lowest BCUT2D eigenvalue weighted by Crippen LogP contribution is -2.38. The van der Waals surface area contributed by atoms with Gasteiger partial charge in [0.2, 0.25) is 11.8 Å². The normalized spacial score (nSPS) is 21.7. The third kappa shape index (κ3) is 3.60. The van der Waals surface area contributed by atoms with E-state index in [-0.39, 0.29) is 30.1 Å². The Kier molecular flexibility index (Phi) is 4.67. The van der Waals surface area contributed by atoms with Crippen molar-refractivity contribution in [1.29, 1.82) is 0 Å². The van der Waals surface area contributed by atoms with Crippen LogP contribution in [0.3, 0.4) is 0 Å². The van der Waals surface area contributed by atoms with E-state index in [1.807, 2.05) is 5.41 Å². The molecule has 1 fully saturated rings. The van der Waals surface area contributed by atoms with Crippen LogP contribution in [0.1, 0.15) is 18.4 Å². The third-order valence-electron chi connectivity index (χ3n) is 4.63. The summed E-state index contributed by atoms with van der Waals surface area (Å²) < 4.78 is 13.3. The van der Waals surface area contributed by atoms with Gasteiger partial charge in [0, 0.05) is 31.8 Å². The van der Waals surface area contributed by atoms with Gasteiger partial charge in [0.15, 0.2) is 5.17 Å². The molecule has 1 aromatic carbocycles. The van der Waals surface area contributed by atoms with Crippen LogP contribution in [0, 0.1) is 5.82 Å². The van der Waals surface area contributed by atoms with Gasteiger partial charge in [0.1, 0.15) is 5.82 Å². The average Bonchev–Trinajstić information content (AvgIpc) is 3.27. The van der Waals surface area contributed by atoms with E-state index in [1.165, 1.54) is 12.1 Å². The SMILES string of the molecule is O=C(CC1=CSC2=NCCN12)N[C@@H]1CC(=O)N(Cc2cccc(F)c2)C1. The first-order valence-corrected chi connectivity index (χ1v) is 9.46. The fourth-order valence-corrected chi connectivity index (χ4v) is 4.39. The number of halogens is 1. The van der Waals surface area contributed by atoms with Crippen molar-refractivity contribution in [3.8, 4) is 0 Å². The van der Waals surface area contributed by atoms with E-state index < -0.39 is 0 Å². The molecule has 4 rings (SSSR count). The molecule has 1 aromatic rings. The van der Waals surface area contributed by atoms with Crippen molar-refractivity contribution in [2.45, 2.75) is 25.4 Å². The van der Waals surface area contributed by atoms with Gasteiger partial charge in [0.05, 0.1) is 19.0 Å². The van der Waals surface area contributed by atoms with Crippen LogP contribution in [0.4, 0.5) is 4.39 Å². The Hall–Kier alpha value is -2.35. The number of nitrogens with zero attached hydrogens (tertiary/aromatic N) is 3. The van der Waals surface area contributed by atoms with Gasteiger partial charge in [-0.25, -0.2) is 4.39 Å². The number of hydrogen-bond donors (Lipinski definition) is 1. The quantitative estimate of drug-likeness (QED) is 0.852. The van der Waals surface area contributed by atoms with E-state index in [1.54, 1.807) is 28.8 Å². The fraction of sp³-hybridized carbons (Fsp3) is 0.389. The minimum atomic E-state index is -0.313. The van der Waals surface area contributed by atoms with E-state index in [2.05, 4.69) is 15.2 Å². The summed E-state index contributed by atoms with van der Waals surface area (Å²) in [4.78, 5) is 32.6. The molecule has 0 spiro atoms. The summed E-state index contributed by atoms with van der Waals surface area (Å²) >= 11 is 1.55. The third-order valence-corrected chi connectivity index (χ3v) is 5.58. The molecule has 0 unspecified atom stereocenters. The second-order valence-corrected chi connectivity index (χ2v) is 7.43. The van der Waals surface area contributed by atoms with E-state index >= 15 is 0 Å². The first-order valence-electron chi connectivity index (χ1n) is 8.58. The molecule has 3 aliphatic heterocycles. The second kappa shape index (κ2) is 7.11. The topological polar surface area (TPSA) is 65.0 Å². The van der Waals surface area contributed by atoms with Crippen molar-refractivity contribution in [2.24, 2.45) is 4.99 Å². The molecule has 1 saturated heterocycles. The molecule has 136 valence electrons. The summed E-state index contributed by atoms with van der Waals surface area (Å²) in [7, 11) is 0. The van der Waals surface area contributed by atoms with E-state index in [0.29, 0.717) is 19.5 Å². The maximum atomic E-state index is 13.3. The highest BCUT2D eigenvalue weighted by Crippen LogP contribution is 2.30. The largest absolute Gasteiger partial charge is 0.351 e. The van der Waals surface area contributed by atoms with Crippen LogP contribution in [-0.4, -0.2) is 52.5 Å². The first-order chi connectivity index (χ1) is 12.6. The van der Waals surface area contributed by atoms with Crippen LogP contribution < -0.4 is 5.32 Å². The van der Waals surface area contributed by atoms with Gasteiger partial charge < -0.3 is 15.1 Å². The maximum Gasteiger partial charge on any atom is 0.226 e. The average molecular weight is 374 g/mol. The summed E-state index contributed by atoms with van der Waals surface area (Å²) in [6, 6.07) is 6.03. The molecule has 3 heterocycles.